The van der Waals surface area contributed by atoms with E-state index in [1.807, 2.05) is 0 Å². The molecule has 0 bridgehead atoms. The molecule has 0 aliphatic rings. The number of nitrogens with zero attached hydrogens (tertiary/aromatic N) is 4. The van der Waals surface area contributed by atoms with Crippen LogP contribution >= 0.6 is 22.4 Å². The highest BCUT2D eigenvalue weighted by atomic mass is 35.7. The fourth-order valence-electron chi connectivity index (χ4n) is 1.08. The molecule has 0 spiro atoms. The Morgan fingerprint density at radius 3 is 3.06 bits per heavy atom. The van der Waals surface area contributed by atoms with Gasteiger partial charge in [0.15, 0.2) is 5.65 Å². The maximum Gasteiger partial charge on any atom is 0.233 e. The molecule has 0 N–H and O–H groups in total. The van der Waals surface area contributed by atoms with E-state index in [4.69, 9.17) is 10.7 Å². The van der Waals surface area contributed by atoms with E-state index in [0.29, 0.717) is 16.4 Å². The van der Waals surface area contributed by atoms with Crippen molar-refractivity contribution < 1.29 is 8.42 Å². The number of aromatic nitrogens is 4. The van der Waals surface area contributed by atoms with Crippen molar-refractivity contribution in [3.63, 3.8) is 0 Å². The predicted molar refractivity (Wildman–Crippen MR) is 61.1 cm³/mol. The first kappa shape index (κ1) is 11.6. The average molecular weight is 279 g/mol. The van der Waals surface area contributed by atoms with E-state index in [9.17, 15) is 8.42 Å². The van der Waals surface area contributed by atoms with E-state index >= 15 is 0 Å². The molecule has 0 saturated heterocycles. The van der Waals surface area contributed by atoms with Gasteiger partial charge in [0.2, 0.25) is 9.05 Å². The van der Waals surface area contributed by atoms with Crippen molar-refractivity contribution in [1.29, 1.82) is 0 Å². The minimum atomic E-state index is -3.45. The minimum Gasteiger partial charge on any atom is -0.285 e. The van der Waals surface area contributed by atoms with Crippen LogP contribution in [0, 0.1) is 0 Å². The molecule has 0 amide bonds. The second-order valence-electron chi connectivity index (χ2n) is 2.89. The normalized spacial score (nSPS) is 12.1. The third-order valence-corrected chi connectivity index (χ3v) is 4.13. The van der Waals surface area contributed by atoms with Crippen LogP contribution in [0.25, 0.3) is 5.65 Å². The number of halogens is 1. The molecule has 2 heterocycles. The standard InChI is InChI=1S/C7H7ClN4O2S2/c8-16(13,14)4-3-15-7-6-11-10-5-12(6)2-1-9-7/h1-2,5H,3-4H2. The Kier molecular flexibility index (Phi) is 3.31. The molecule has 16 heavy (non-hydrogen) atoms. The number of rotatable bonds is 4. The van der Waals surface area contributed by atoms with Crippen LogP contribution in [-0.2, 0) is 9.05 Å². The number of thioether (sulfide) groups is 1. The SMILES string of the molecule is O=S(=O)(Cl)CCSc1nccn2cnnc12. The van der Waals surface area contributed by atoms with E-state index in [1.165, 1.54) is 11.8 Å². The van der Waals surface area contributed by atoms with Gasteiger partial charge in [0.1, 0.15) is 11.4 Å². The molecule has 0 aromatic carbocycles. The fraction of sp³-hybridized carbons (Fsp3) is 0.286. The van der Waals surface area contributed by atoms with Gasteiger partial charge in [-0.25, -0.2) is 13.4 Å². The van der Waals surface area contributed by atoms with Crippen LogP contribution in [0.2, 0.25) is 0 Å². The smallest absolute Gasteiger partial charge is 0.233 e. The lowest BCUT2D eigenvalue weighted by molar-refractivity contribution is 0.611. The Morgan fingerprint density at radius 1 is 1.50 bits per heavy atom. The molecule has 2 aromatic rings. The van der Waals surface area contributed by atoms with Crippen molar-refractivity contribution in [3.05, 3.63) is 18.7 Å². The molecule has 0 fully saturated rings. The first-order chi connectivity index (χ1) is 7.56. The molecule has 0 aliphatic heterocycles. The molecule has 0 atom stereocenters. The summed E-state index contributed by atoms with van der Waals surface area (Å²) in [5, 5.41) is 8.25. The van der Waals surface area contributed by atoms with E-state index in [2.05, 4.69) is 15.2 Å². The summed E-state index contributed by atoms with van der Waals surface area (Å²) in [4.78, 5) is 4.10. The predicted octanol–water partition coefficient (Wildman–Crippen LogP) is 0.785. The molecule has 2 rings (SSSR count). The number of fused-ring (bicyclic) bond motifs is 1. The molecule has 6 nitrogen and oxygen atoms in total. The Hall–Kier alpha value is -0.860. The first-order valence-electron chi connectivity index (χ1n) is 4.26. The molecule has 0 unspecified atom stereocenters. The van der Waals surface area contributed by atoms with E-state index in [0.717, 1.165) is 0 Å². The molecular formula is C7H7ClN4O2S2. The lowest BCUT2D eigenvalue weighted by Gasteiger charge is -2.00. The summed E-state index contributed by atoms with van der Waals surface area (Å²) in [7, 11) is 1.65. The zero-order valence-corrected chi connectivity index (χ0v) is 10.3. The van der Waals surface area contributed by atoms with E-state index < -0.39 is 9.05 Å². The highest BCUT2D eigenvalue weighted by Gasteiger charge is 2.09. The van der Waals surface area contributed by atoms with Crippen molar-refractivity contribution in [2.45, 2.75) is 5.03 Å². The second kappa shape index (κ2) is 4.56. The molecule has 0 aliphatic carbocycles. The zero-order valence-electron chi connectivity index (χ0n) is 7.95. The third-order valence-electron chi connectivity index (χ3n) is 1.75. The largest absolute Gasteiger partial charge is 0.285 e. The zero-order chi connectivity index (χ0) is 11.6. The summed E-state index contributed by atoms with van der Waals surface area (Å²) in [5.41, 5.74) is 0.611. The Bertz CT molecular complexity index is 597. The van der Waals surface area contributed by atoms with Crippen LogP contribution in [0.3, 0.4) is 0 Å². The molecule has 0 saturated carbocycles. The molecular weight excluding hydrogens is 272 g/mol. The van der Waals surface area contributed by atoms with Gasteiger partial charge in [-0.15, -0.1) is 22.0 Å². The van der Waals surface area contributed by atoms with Crippen LogP contribution < -0.4 is 0 Å². The van der Waals surface area contributed by atoms with E-state index in [-0.39, 0.29) is 5.75 Å². The minimum absolute atomic E-state index is 0.101. The van der Waals surface area contributed by atoms with Crippen molar-refractivity contribution in [2.24, 2.45) is 0 Å². The summed E-state index contributed by atoms with van der Waals surface area (Å²) in [6.45, 7) is 0. The third kappa shape index (κ3) is 2.83. The van der Waals surface area contributed by atoms with Crippen LogP contribution in [0.15, 0.2) is 23.7 Å². The number of hydrogen-bond acceptors (Lipinski definition) is 6. The lowest BCUT2D eigenvalue weighted by atomic mass is 10.7. The van der Waals surface area contributed by atoms with Gasteiger partial charge < -0.3 is 0 Å². The summed E-state index contributed by atoms with van der Waals surface area (Å²) in [6.07, 6.45) is 4.88. The second-order valence-corrected chi connectivity index (χ2v) is 6.87. The first-order valence-corrected chi connectivity index (χ1v) is 7.72. The van der Waals surface area contributed by atoms with Gasteiger partial charge in [0.05, 0.1) is 5.75 Å². The molecule has 2 aromatic heterocycles. The van der Waals surface area contributed by atoms with Crippen LogP contribution in [0.5, 0.6) is 0 Å². The topological polar surface area (TPSA) is 77.2 Å². The van der Waals surface area contributed by atoms with Gasteiger partial charge in [-0.2, -0.15) is 0 Å². The molecule has 86 valence electrons. The van der Waals surface area contributed by atoms with Crippen LogP contribution in [-0.4, -0.2) is 39.5 Å². The molecule has 0 radical (unpaired) electrons. The Labute approximate surface area is 100 Å². The summed E-state index contributed by atoms with van der Waals surface area (Å²) >= 11 is 1.28. The van der Waals surface area contributed by atoms with Crippen molar-refractivity contribution >= 4 is 37.1 Å². The maximum atomic E-state index is 10.7. The van der Waals surface area contributed by atoms with Crippen molar-refractivity contribution in [3.8, 4) is 0 Å². The van der Waals surface area contributed by atoms with Crippen LogP contribution in [0.4, 0.5) is 0 Å². The fourth-order valence-corrected chi connectivity index (χ4v) is 3.38. The highest BCUT2D eigenvalue weighted by Crippen LogP contribution is 2.19. The van der Waals surface area contributed by atoms with Gasteiger partial charge in [0, 0.05) is 28.8 Å². The maximum absolute atomic E-state index is 10.7. The Morgan fingerprint density at radius 2 is 2.31 bits per heavy atom. The quantitative estimate of drug-likeness (QED) is 0.608. The highest BCUT2D eigenvalue weighted by molar-refractivity contribution is 8.14. The van der Waals surface area contributed by atoms with Gasteiger partial charge in [-0.1, -0.05) is 0 Å². The van der Waals surface area contributed by atoms with Gasteiger partial charge >= 0.3 is 0 Å². The monoisotopic (exact) mass is 278 g/mol. The average Bonchev–Trinajstić information content (AvgIpc) is 2.64. The van der Waals surface area contributed by atoms with Crippen LogP contribution in [0.1, 0.15) is 0 Å². The van der Waals surface area contributed by atoms with Gasteiger partial charge in [-0.3, -0.25) is 4.40 Å². The van der Waals surface area contributed by atoms with Crippen molar-refractivity contribution in [1.82, 2.24) is 19.6 Å². The van der Waals surface area contributed by atoms with Gasteiger partial charge in [-0.05, 0) is 0 Å². The summed E-state index contributed by atoms with van der Waals surface area (Å²) in [5.74, 6) is 0.238. The lowest BCUT2D eigenvalue weighted by Crippen LogP contribution is -2.00. The van der Waals surface area contributed by atoms with E-state index in [1.54, 1.807) is 23.1 Å². The summed E-state index contributed by atoms with van der Waals surface area (Å²) in [6, 6.07) is 0. The summed E-state index contributed by atoms with van der Waals surface area (Å²) < 4.78 is 23.2. The van der Waals surface area contributed by atoms with Gasteiger partial charge in [0.25, 0.3) is 0 Å². The van der Waals surface area contributed by atoms with Crippen molar-refractivity contribution in [2.75, 3.05) is 11.5 Å². The Balaban J connectivity index is 2.12. The molecule has 9 heteroatoms. The number of hydrogen-bond donors (Lipinski definition) is 0.